The van der Waals surface area contributed by atoms with Gasteiger partial charge in [0.05, 0.1) is 0 Å². The van der Waals surface area contributed by atoms with Gasteiger partial charge in [0.2, 0.25) is 0 Å². The lowest BCUT2D eigenvalue weighted by molar-refractivity contribution is 0.285. The van der Waals surface area contributed by atoms with Crippen LogP contribution < -0.4 is 4.74 Å². The van der Waals surface area contributed by atoms with Crippen molar-refractivity contribution >= 4 is 23.4 Å². The Morgan fingerprint density at radius 3 is 2.70 bits per heavy atom. The molecule has 0 spiro atoms. The molecule has 0 bridgehead atoms. The number of hydrogen-bond donors (Lipinski definition) is 0. The van der Waals surface area contributed by atoms with Gasteiger partial charge in [-0.3, -0.25) is 0 Å². The van der Waals surface area contributed by atoms with Crippen LogP contribution >= 0.6 is 23.4 Å². The summed E-state index contributed by atoms with van der Waals surface area (Å²) in [6.07, 6.45) is 2.78. The number of ether oxygens (including phenoxy) is 1. The highest BCUT2D eigenvalue weighted by Gasteiger charge is 2.14. The van der Waals surface area contributed by atoms with Gasteiger partial charge in [-0.15, -0.1) is 10.2 Å². The minimum absolute atomic E-state index is 0.400. The summed E-state index contributed by atoms with van der Waals surface area (Å²) in [4.78, 5) is 4.02. The van der Waals surface area contributed by atoms with Gasteiger partial charge in [-0.25, -0.2) is 4.98 Å². The summed E-state index contributed by atoms with van der Waals surface area (Å²) >= 11 is 7.63. The number of para-hydroxylation sites is 1. The summed E-state index contributed by atoms with van der Waals surface area (Å²) < 4.78 is 8.04. The third-order valence-electron chi connectivity index (χ3n) is 3.99. The number of pyridine rings is 1. The smallest absolute Gasteiger partial charge is 0.191 e. The van der Waals surface area contributed by atoms with Crippen LogP contribution in [0.1, 0.15) is 31.7 Å². The average molecular weight is 403 g/mol. The van der Waals surface area contributed by atoms with E-state index in [0.717, 1.165) is 41.0 Å². The lowest BCUT2D eigenvalue weighted by Crippen LogP contribution is -2.10. The average Bonchev–Trinajstić information content (AvgIpc) is 3.05. The predicted octanol–water partition coefficient (Wildman–Crippen LogP) is 5.24. The van der Waals surface area contributed by atoms with Gasteiger partial charge in [0.15, 0.2) is 11.0 Å². The molecule has 0 amide bonds. The van der Waals surface area contributed by atoms with E-state index in [4.69, 9.17) is 16.3 Å². The molecule has 3 aromatic rings. The first-order chi connectivity index (χ1) is 13.1. The Kier molecular flexibility index (Phi) is 7.12. The zero-order chi connectivity index (χ0) is 19.1. The van der Waals surface area contributed by atoms with Crippen molar-refractivity contribution in [1.29, 1.82) is 0 Å². The Labute approximate surface area is 169 Å². The highest BCUT2D eigenvalue weighted by atomic mass is 35.5. The van der Waals surface area contributed by atoms with Crippen molar-refractivity contribution in [1.82, 2.24) is 19.7 Å². The summed E-state index contributed by atoms with van der Waals surface area (Å²) in [7, 11) is 0. The van der Waals surface area contributed by atoms with Crippen LogP contribution in [0.25, 0.3) is 0 Å². The second-order valence-corrected chi connectivity index (χ2v) is 7.94. The van der Waals surface area contributed by atoms with Crippen LogP contribution in [0.5, 0.6) is 5.75 Å². The second-order valence-electron chi connectivity index (χ2n) is 6.61. The lowest BCUT2D eigenvalue weighted by Gasteiger charge is -2.12. The van der Waals surface area contributed by atoms with Gasteiger partial charge in [0.1, 0.15) is 17.5 Å². The third-order valence-corrected chi connectivity index (χ3v) is 5.24. The SMILES string of the molecule is CC(C)CCn1c(COc2ccccc2)nnc1SCc1ccnc(Cl)c1. The predicted molar refractivity (Wildman–Crippen MR) is 109 cm³/mol. The quantitative estimate of drug-likeness (QED) is 0.361. The molecule has 0 unspecified atom stereocenters. The van der Waals surface area contributed by atoms with Crippen molar-refractivity contribution < 1.29 is 4.74 Å². The summed E-state index contributed by atoms with van der Waals surface area (Å²) in [6, 6.07) is 13.6. The van der Waals surface area contributed by atoms with E-state index < -0.39 is 0 Å². The lowest BCUT2D eigenvalue weighted by atomic mass is 10.1. The van der Waals surface area contributed by atoms with Crippen molar-refractivity contribution in [2.45, 2.75) is 44.3 Å². The van der Waals surface area contributed by atoms with Crippen LogP contribution in [0.15, 0.2) is 53.8 Å². The van der Waals surface area contributed by atoms with Crippen LogP contribution in [-0.4, -0.2) is 19.7 Å². The Balaban J connectivity index is 1.71. The Morgan fingerprint density at radius 2 is 1.96 bits per heavy atom. The molecule has 0 aliphatic rings. The van der Waals surface area contributed by atoms with Crippen LogP contribution in [0.4, 0.5) is 0 Å². The zero-order valence-electron chi connectivity index (χ0n) is 15.5. The fourth-order valence-corrected chi connectivity index (χ4v) is 3.61. The maximum absolute atomic E-state index is 5.98. The molecule has 0 aliphatic carbocycles. The minimum Gasteiger partial charge on any atom is -0.486 e. The standard InChI is InChI=1S/C20H23ClN4OS/c1-15(2)9-11-25-19(13-26-17-6-4-3-5-7-17)23-24-20(25)27-14-16-8-10-22-18(21)12-16/h3-8,10,12,15H,9,11,13-14H2,1-2H3. The van der Waals surface area contributed by atoms with Crippen LogP contribution in [0.3, 0.4) is 0 Å². The molecule has 3 rings (SSSR count). The Hall–Kier alpha value is -2.05. The van der Waals surface area contributed by atoms with Crippen LogP contribution in [0, 0.1) is 5.92 Å². The second kappa shape index (κ2) is 9.76. The topological polar surface area (TPSA) is 52.8 Å². The van der Waals surface area contributed by atoms with E-state index >= 15 is 0 Å². The molecule has 142 valence electrons. The molecule has 0 atom stereocenters. The van der Waals surface area contributed by atoms with Gasteiger partial charge in [-0.2, -0.15) is 0 Å². The molecular formula is C20H23ClN4OS. The molecule has 2 heterocycles. The number of hydrogen-bond acceptors (Lipinski definition) is 5. The van der Waals surface area contributed by atoms with Gasteiger partial charge in [0.25, 0.3) is 0 Å². The molecule has 0 N–H and O–H groups in total. The first-order valence-corrected chi connectivity index (χ1v) is 10.3. The molecule has 2 aromatic heterocycles. The van der Waals surface area contributed by atoms with Crippen LogP contribution in [0.2, 0.25) is 5.15 Å². The third kappa shape index (κ3) is 5.97. The summed E-state index contributed by atoms with van der Waals surface area (Å²) in [6.45, 7) is 5.71. The van der Waals surface area contributed by atoms with Crippen molar-refractivity contribution in [2.24, 2.45) is 5.92 Å². The van der Waals surface area contributed by atoms with Crippen molar-refractivity contribution in [3.05, 3.63) is 65.2 Å². The number of aromatic nitrogens is 4. The van der Waals surface area contributed by atoms with Gasteiger partial charge < -0.3 is 9.30 Å². The summed E-state index contributed by atoms with van der Waals surface area (Å²) in [5, 5.41) is 10.2. The van der Waals surface area contributed by atoms with Crippen molar-refractivity contribution in [3.8, 4) is 5.75 Å². The van der Waals surface area contributed by atoms with E-state index in [-0.39, 0.29) is 0 Å². The van der Waals surface area contributed by atoms with Crippen molar-refractivity contribution in [3.63, 3.8) is 0 Å². The number of thioether (sulfide) groups is 1. The number of nitrogens with zero attached hydrogens (tertiary/aromatic N) is 4. The van der Waals surface area contributed by atoms with Gasteiger partial charge >= 0.3 is 0 Å². The van der Waals surface area contributed by atoms with Crippen LogP contribution in [-0.2, 0) is 18.9 Å². The zero-order valence-corrected chi connectivity index (χ0v) is 17.1. The molecule has 7 heteroatoms. The van der Waals surface area contributed by atoms with E-state index in [2.05, 4.69) is 33.6 Å². The molecule has 0 saturated carbocycles. The highest BCUT2D eigenvalue weighted by Crippen LogP contribution is 2.24. The Morgan fingerprint density at radius 1 is 1.15 bits per heavy atom. The molecular weight excluding hydrogens is 380 g/mol. The number of benzene rings is 1. The first-order valence-electron chi connectivity index (χ1n) is 8.95. The van der Waals surface area contributed by atoms with E-state index in [1.54, 1.807) is 18.0 Å². The van der Waals surface area contributed by atoms with E-state index in [1.807, 2.05) is 42.5 Å². The summed E-state index contributed by atoms with van der Waals surface area (Å²) in [5.41, 5.74) is 1.11. The highest BCUT2D eigenvalue weighted by molar-refractivity contribution is 7.98. The molecule has 0 saturated heterocycles. The molecule has 0 aliphatic heterocycles. The largest absolute Gasteiger partial charge is 0.486 e. The molecule has 1 aromatic carbocycles. The van der Waals surface area contributed by atoms with E-state index in [9.17, 15) is 0 Å². The van der Waals surface area contributed by atoms with Gasteiger partial charge in [-0.1, -0.05) is 55.4 Å². The maximum Gasteiger partial charge on any atom is 0.191 e. The van der Waals surface area contributed by atoms with E-state index in [0.29, 0.717) is 17.7 Å². The minimum atomic E-state index is 0.400. The monoisotopic (exact) mass is 402 g/mol. The molecule has 0 radical (unpaired) electrons. The Bertz CT molecular complexity index is 854. The summed E-state index contributed by atoms with van der Waals surface area (Å²) in [5.74, 6) is 3.04. The maximum atomic E-state index is 5.98. The number of halogens is 1. The normalized spacial score (nSPS) is 11.1. The van der Waals surface area contributed by atoms with Gasteiger partial charge in [0, 0.05) is 18.5 Å². The fraction of sp³-hybridized carbons (Fsp3) is 0.350. The molecule has 0 fully saturated rings. The molecule has 27 heavy (non-hydrogen) atoms. The van der Waals surface area contributed by atoms with E-state index in [1.165, 1.54) is 0 Å². The van der Waals surface area contributed by atoms with Crippen molar-refractivity contribution in [2.75, 3.05) is 0 Å². The number of rotatable bonds is 9. The molecule has 5 nitrogen and oxygen atoms in total. The first kappa shape index (κ1) is 19.7. The fourth-order valence-electron chi connectivity index (χ4n) is 2.49. The van der Waals surface area contributed by atoms with Gasteiger partial charge in [-0.05, 0) is 42.2 Å².